The molecule has 0 aliphatic carbocycles. The molecule has 2 heterocycles. The Kier molecular flexibility index (Phi) is 4.43. The Morgan fingerprint density at radius 3 is 2.61 bits per heavy atom. The first-order valence-corrected chi connectivity index (χ1v) is 5.69. The Morgan fingerprint density at radius 1 is 1.06 bits per heavy atom. The molecule has 0 saturated heterocycles. The van der Waals surface area contributed by atoms with Crippen molar-refractivity contribution in [2.75, 3.05) is 23.8 Å². The predicted molar refractivity (Wildman–Crippen MR) is 69.2 cm³/mol. The summed E-state index contributed by atoms with van der Waals surface area (Å²) in [5.74, 6) is 1.40. The van der Waals surface area contributed by atoms with Gasteiger partial charge in [0.05, 0.1) is 18.8 Å². The maximum absolute atomic E-state index is 8.72. The highest BCUT2D eigenvalue weighted by molar-refractivity contribution is 5.46. The summed E-state index contributed by atoms with van der Waals surface area (Å²) in [4.78, 5) is 12.4. The first-order chi connectivity index (χ1) is 8.88. The van der Waals surface area contributed by atoms with Gasteiger partial charge in [0.2, 0.25) is 0 Å². The number of aromatic nitrogens is 3. The molecule has 0 aliphatic rings. The average Bonchev–Trinajstić information content (AvgIpc) is 2.44. The second-order valence-electron chi connectivity index (χ2n) is 3.61. The van der Waals surface area contributed by atoms with E-state index in [1.165, 1.54) is 6.33 Å². The standard InChI is InChI=1S/C12H15N5O/c18-6-5-14-11-7-12(17-9-16-11)15-8-10-3-1-2-4-13-10/h1-4,7,9,18H,5-6,8H2,(H2,14,15,16,17). The minimum Gasteiger partial charge on any atom is -0.395 e. The fourth-order valence-electron chi connectivity index (χ4n) is 1.42. The lowest BCUT2D eigenvalue weighted by atomic mass is 10.3. The van der Waals surface area contributed by atoms with Gasteiger partial charge < -0.3 is 15.7 Å². The largest absolute Gasteiger partial charge is 0.395 e. The molecule has 2 rings (SSSR count). The molecule has 0 atom stereocenters. The monoisotopic (exact) mass is 245 g/mol. The van der Waals surface area contributed by atoms with Crippen LogP contribution in [-0.2, 0) is 6.54 Å². The minimum atomic E-state index is 0.0701. The van der Waals surface area contributed by atoms with Gasteiger partial charge in [0.25, 0.3) is 0 Å². The summed E-state index contributed by atoms with van der Waals surface area (Å²) >= 11 is 0. The molecule has 18 heavy (non-hydrogen) atoms. The first-order valence-electron chi connectivity index (χ1n) is 5.69. The molecule has 0 aliphatic heterocycles. The Labute approximate surface area is 105 Å². The predicted octanol–water partition coefficient (Wildman–Crippen LogP) is 0.888. The number of rotatable bonds is 6. The number of aliphatic hydroxyl groups is 1. The lowest BCUT2D eigenvalue weighted by Crippen LogP contribution is -2.08. The third kappa shape index (κ3) is 3.67. The minimum absolute atomic E-state index is 0.0701. The molecule has 0 unspecified atom stereocenters. The number of nitrogens with one attached hydrogen (secondary N) is 2. The van der Waals surface area contributed by atoms with E-state index in [1.807, 2.05) is 18.2 Å². The molecule has 0 bridgehead atoms. The van der Waals surface area contributed by atoms with E-state index in [2.05, 4.69) is 25.6 Å². The molecule has 0 spiro atoms. The van der Waals surface area contributed by atoms with Crippen molar-refractivity contribution >= 4 is 11.6 Å². The Balaban J connectivity index is 1.93. The van der Waals surface area contributed by atoms with Gasteiger partial charge in [-0.15, -0.1) is 0 Å². The normalized spacial score (nSPS) is 10.1. The number of pyridine rings is 1. The van der Waals surface area contributed by atoms with Gasteiger partial charge in [0.15, 0.2) is 0 Å². The number of anilines is 2. The van der Waals surface area contributed by atoms with Gasteiger partial charge in [-0.3, -0.25) is 4.98 Å². The quantitative estimate of drug-likeness (QED) is 0.701. The fourth-order valence-corrected chi connectivity index (χ4v) is 1.42. The zero-order chi connectivity index (χ0) is 12.6. The van der Waals surface area contributed by atoms with Crippen LogP contribution in [0.5, 0.6) is 0 Å². The van der Waals surface area contributed by atoms with E-state index in [1.54, 1.807) is 12.3 Å². The van der Waals surface area contributed by atoms with Crippen LogP contribution in [0.25, 0.3) is 0 Å². The first kappa shape index (κ1) is 12.3. The summed E-state index contributed by atoms with van der Waals surface area (Å²) in [5.41, 5.74) is 0.945. The van der Waals surface area contributed by atoms with Crippen molar-refractivity contribution in [1.29, 1.82) is 0 Å². The lowest BCUT2D eigenvalue weighted by molar-refractivity contribution is 0.311. The van der Waals surface area contributed by atoms with E-state index in [4.69, 9.17) is 5.11 Å². The zero-order valence-electron chi connectivity index (χ0n) is 9.87. The molecule has 94 valence electrons. The number of nitrogens with zero attached hydrogens (tertiary/aromatic N) is 3. The van der Waals surface area contributed by atoms with Crippen molar-refractivity contribution in [1.82, 2.24) is 15.0 Å². The van der Waals surface area contributed by atoms with Gasteiger partial charge in [-0.1, -0.05) is 6.07 Å². The van der Waals surface area contributed by atoms with Crippen LogP contribution in [0.4, 0.5) is 11.6 Å². The number of hydrogen-bond acceptors (Lipinski definition) is 6. The number of hydrogen-bond donors (Lipinski definition) is 3. The van der Waals surface area contributed by atoms with E-state index in [-0.39, 0.29) is 6.61 Å². The Bertz CT molecular complexity index is 477. The third-order valence-corrected chi connectivity index (χ3v) is 2.26. The highest BCUT2D eigenvalue weighted by atomic mass is 16.3. The van der Waals surface area contributed by atoms with Crippen molar-refractivity contribution in [3.8, 4) is 0 Å². The molecule has 6 heteroatoms. The molecule has 0 amide bonds. The van der Waals surface area contributed by atoms with Crippen molar-refractivity contribution < 1.29 is 5.11 Å². The van der Waals surface area contributed by atoms with E-state index in [0.29, 0.717) is 18.9 Å². The Hall–Kier alpha value is -2.21. The number of aliphatic hydroxyl groups excluding tert-OH is 1. The molecule has 2 aromatic rings. The summed E-state index contributed by atoms with van der Waals surface area (Å²) in [6.45, 7) is 1.15. The van der Waals surface area contributed by atoms with Crippen molar-refractivity contribution in [2.45, 2.75) is 6.54 Å². The highest BCUT2D eigenvalue weighted by Gasteiger charge is 1.98. The van der Waals surface area contributed by atoms with E-state index < -0.39 is 0 Å². The maximum Gasteiger partial charge on any atom is 0.131 e. The van der Waals surface area contributed by atoms with Crippen molar-refractivity contribution in [2.24, 2.45) is 0 Å². The van der Waals surface area contributed by atoms with Crippen molar-refractivity contribution in [3.05, 3.63) is 42.5 Å². The van der Waals surface area contributed by atoms with Crippen LogP contribution < -0.4 is 10.6 Å². The summed E-state index contributed by atoms with van der Waals surface area (Å²) in [6, 6.07) is 7.56. The molecule has 2 aromatic heterocycles. The van der Waals surface area contributed by atoms with E-state index in [0.717, 1.165) is 11.5 Å². The lowest BCUT2D eigenvalue weighted by Gasteiger charge is -2.07. The molecule has 0 saturated carbocycles. The van der Waals surface area contributed by atoms with Crippen LogP contribution in [0.15, 0.2) is 36.8 Å². The van der Waals surface area contributed by atoms with Crippen LogP contribution in [0.3, 0.4) is 0 Å². The second-order valence-corrected chi connectivity index (χ2v) is 3.61. The third-order valence-electron chi connectivity index (χ3n) is 2.26. The molecule has 3 N–H and O–H groups in total. The summed E-state index contributed by atoms with van der Waals surface area (Å²) in [5, 5.41) is 14.9. The highest BCUT2D eigenvalue weighted by Crippen LogP contribution is 2.09. The SMILES string of the molecule is OCCNc1cc(NCc2ccccn2)ncn1. The van der Waals surface area contributed by atoms with Gasteiger partial charge in [-0.05, 0) is 12.1 Å². The van der Waals surface area contributed by atoms with Crippen LogP contribution in [0, 0.1) is 0 Å². The van der Waals surface area contributed by atoms with Gasteiger partial charge in [-0.2, -0.15) is 0 Å². The van der Waals surface area contributed by atoms with Crippen LogP contribution in [0.2, 0.25) is 0 Å². The van der Waals surface area contributed by atoms with Gasteiger partial charge in [0, 0.05) is 18.8 Å². The average molecular weight is 245 g/mol. The molecule has 0 aromatic carbocycles. The van der Waals surface area contributed by atoms with E-state index >= 15 is 0 Å². The molecule has 0 radical (unpaired) electrons. The summed E-state index contributed by atoms with van der Waals surface area (Å²) in [7, 11) is 0. The summed E-state index contributed by atoms with van der Waals surface area (Å²) in [6.07, 6.45) is 3.23. The molecule has 6 nitrogen and oxygen atoms in total. The molecular weight excluding hydrogens is 230 g/mol. The van der Waals surface area contributed by atoms with Crippen molar-refractivity contribution in [3.63, 3.8) is 0 Å². The van der Waals surface area contributed by atoms with Crippen LogP contribution in [-0.4, -0.2) is 33.2 Å². The van der Waals surface area contributed by atoms with Gasteiger partial charge in [0.1, 0.15) is 18.0 Å². The zero-order valence-corrected chi connectivity index (χ0v) is 9.87. The topological polar surface area (TPSA) is 83.0 Å². The van der Waals surface area contributed by atoms with E-state index in [9.17, 15) is 0 Å². The summed E-state index contributed by atoms with van der Waals surface area (Å²) < 4.78 is 0. The fraction of sp³-hybridized carbons (Fsp3) is 0.250. The maximum atomic E-state index is 8.72. The van der Waals surface area contributed by atoms with Gasteiger partial charge >= 0.3 is 0 Å². The van der Waals surface area contributed by atoms with Crippen LogP contribution in [0.1, 0.15) is 5.69 Å². The van der Waals surface area contributed by atoms with Crippen LogP contribution >= 0.6 is 0 Å². The molecular formula is C12H15N5O. The second kappa shape index (κ2) is 6.51. The Morgan fingerprint density at radius 2 is 1.89 bits per heavy atom. The smallest absolute Gasteiger partial charge is 0.131 e. The van der Waals surface area contributed by atoms with Gasteiger partial charge in [-0.25, -0.2) is 9.97 Å². The molecule has 0 fully saturated rings.